The molecular weight excluding hydrogens is 382 g/mol. The van der Waals surface area contributed by atoms with E-state index >= 15 is 0 Å². The number of ether oxygens (including phenoxy) is 1. The summed E-state index contributed by atoms with van der Waals surface area (Å²) in [5.74, 6) is 0.106. The van der Waals surface area contributed by atoms with Crippen LogP contribution in [-0.2, 0) is 4.74 Å². The zero-order valence-electron chi connectivity index (χ0n) is 17.4. The fourth-order valence-corrected chi connectivity index (χ4v) is 5.65. The van der Waals surface area contributed by atoms with Crippen LogP contribution in [0.2, 0.25) is 0 Å². The summed E-state index contributed by atoms with van der Waals surface area (Å²) >= 11 is 0. The Morgan fingerprint density at radius 1 is 0.839 bits per heavy atom. The minimum absolute atomic E-state index is 0.106. The Balaban J connectivity index is 1.21. The van der Waals surface area contributed by atoms with Crippen molar-refractivity contribution in [2.75, 3.05) is 6.61 Å². The lowest BCUT2D eigenvalue weighted by Crippen LogP contribution is -2.43. The molecule has 31 heavy (non-hydrogen) atoms. The highest BCUT2D eigenvalue weighted by Crippen LogP contribution is 2.45. The number of fused-ring (bicyclic) bond motifs is 5. The summed E-state index contributed by atoms with van der Waals surface area (Å²) in [6.45, 7) is 0.387. The van der Waals surface area contributed by atoms with Crippen LogP contribution in [0.3, 0.4) is 0 Å². The van der Waals surface area contributed by atoms with Crippen molar-refractivity contribution < 1.29 is 9.53 Å². The molecule has 154 valence electrons. The van der Waals surface area contributed by atoms with Gasteiger partial charge in [-0.2, -0.15) is 0 Å². The molecule has 0 saturated carbocycles. The molecule has 2 aliphatic heterocycles. The first-order chi connectivity index (χ1) is 15.3. The van der Waals surface area contributed by atoms with E-state index in [-0.39, 0.29) is 24.1 Å². The summed E-state index contributed by atoms with van der Waals surface area (Å²) < 4.78 is 5.96. The lowest BCUT2D eigenvalue weighted by atomic mass is 9.95. The third-order valence-electron chi connectivity index (χ3n) is 7.09. The Morgan fingerprint density at radius 2 is 1.48 bits per heavy atom. The normalized spacial score (nSPS) is 21.4. The van der Waals surface area contributed by atoms with Crippen LogP contribution in [-0.4, -0.2) is 29.7 Å². The van der Waals surface area contributed by atoms with E-state index in [9.17, 15) is 4.79 Å². The van der Waals surface area contributed by atoms with Crippen molar-refractivity contribution in [2.45, 2.75) is 37.3 Å². The van der Waals surface area contributed by atoms with Gasteiger partial charge in [0.25, 0.3) is 0 Å². The van der Waals surface area contributed by atoms with Gasteiger partial charge in [0, 0.05) is 12.0 Å². The van der Waals surface area contributed by atoms with E-state index in [2.05, 4.69) is 78.9 Å². The van der Waals surface area contributed by atoms with E-state index in [0.717, 1.165) is 19.3 Å². The Kier molecular flexibility index (Phi) is 4.41. The van der Waals surface area contributed by atoms with Gasteiger partial charge in [-0.25, -0.2) is 4.79 Å². The molecule has 0 aromatic heterocycles. The van der Waals surface area contributed by atoms with Crippen LogP contribution in [0, 0.1) is 0 Å². The number of benzene rings is 3. The fourth-order valence-electron chi connectivity index (χ4n) is 5.65. The van der Waals surface area contributed by atoms with Crippen molar-refractivity contribution in [3.8, 4) is 11.1 Å². The molecule has 2 unspecified atom stereocenters. The number of carbonyl (C=O) groups excluding carboxylic acids is 1. The predicted molar refractivity (Wildman–Crippen MR) is 123 cm³/mol. The van der Waals surface area contributed by atoms with Crippen LogP contribution in [0.5, 0.6) is 0 Å². The first kappa shape index (κ1) is 18.4. The monoisotopic (exact) mass is 407 g/mol. The molecule has 6 rings (SSSR count). The minimum Gasteiger partial charge on any atom is -0.448 e. The van der Waals surface area contributed by atoms with Crippen LogP contribution in [0.15, 0.2) is 84.9 Å². The standard InChI is InChI=1S/C28H25NO2/c30-28(29-21-14-15-22(29)17-20(16-21)19-8-2-1-3-9-19)31-18-27-25-12-6-4-10-23(25)24-11-5-7-13-26(24)27/h1-13,16,21-22,27H,14-15,17-18H2. The third-order valence-corrected chi connectivity index (χ3v) is 7.09. The molecule has 1 amide bonds. The molecule has 3 aromatic carbocycles. The largest absolute Gasteiger partial charge is 0.448 e. The van der Waals surface area contributed by atoms with Gasteiger partial charge in [0.05, 0.1) is 6.04 Å². The molecule has 1 saturated heterocycles. The molecule has 0 spiro atoms. The average Bonchev–Trinajstić information content (AvgIpc) is 3.29. The van der Waals surface area contributed by atoms with Gasteiger partial charge in [0.1, 0.15) is 6.61 Å². The Hall–Kier alpha value is -3.33. The number of amides is 1. The number of hydrogen-bond donors (Lipinski definition) is 0. The smallest absolute Gasteiger partial charge is 0.410 e. The van der Waals surface area contributed by atoms with Crippen LogP contribution in [0.25, 0.3) is 16.7 Å². The predicted octanol–water partition coefficient (Wildman–Crippen LogP) is 6.26. The lowest BCUT2D eigenvalue weighted by Gasteiger charge is -2.33. The summed E-state index contributed by atoms with van der Waals surface area (Å²) in [5, 5.41) is 0. The van der Waals surface area contributed by atoms with E-state index in [1.54, 1.807) is 0 Å². The van der Waals surface area contributed by atoms with Crippen LogP contribution >= 0.6 is 0 Å². The van der Waals surface area contributed by atoms with E-state index in [4.69, 9.17) is 4.74 Å². The zero-order valence-corrected chi connectivity index (χ0v) is 17.4. The Morgan fingerprint density at radius 3 is 2.16 bits per heavy atom. The second-order valence-electron chi connectivity index (χ2n) is 8.77. The highest BCUT2D eigenvalue weighted by molar-refractivity contribution is 5.79. The van der Waals surface area contributed by atoms with Crippen molar-refractivity contribution in [2.24, 2.45) is 0 Å². The van der Waals surface area contributed by atoms with Crippen LogP contribution in [0.4, 0.5) is 4.79 Å². The molecule has 1 fully saturated rings. The molecule has 2 bridgehead atoms. The maximum Gasteiger partial charge on any atom is 0.410 e. The van der Waals surface area contributed by atoms with E-state index in [0.29, 0.717) is 6.61 Å². The SMILES string of the molecule is O=C(OCC1c2ccccc2-c2ccccc21)N1C2C=C(c3ccccc3)CC1CC2. The summed E-state index contributed by atoms with van der Waals surface area (Å²) in [6.07, 6.45) is 5.08. The second-order valence-corrected chi connectivity index (χ2v) is 8.77. The van der Waals surface area contributed by atoms with Crippen molar-refractivity contribution in [1.82, 2.24) is 4.90 Å². The van der Waals surface area contributed by atoms with Gasteiger partial charge in [-0.05, 0) is 52.7 Å². The maximum absolute atomic E-state index is 13.2. The van der Waals surface area contributed by atoms with Crippen molar-refractivity contribution >= 4 is 11.7 Å². The molecule has 2 heterocycles. The molecule has 3 nitrogen and oxygen atoms in total. The quantitative estimate of drug-likeness (QED) is 0.513. The molecule has 0 N–H and O–H groups in total. The zero-order chi connectivity index (χ0) is 20.8. The molecular formula is C28H25NO2. The minimum atomic E-state index is -0.169. The summed E-state index contributed by atoms with van der Waals surface area (Å²) in [5.41, 5.74) is 7.65. The van der Waals surface area contributed by atoms with Gasteiger partial charge < -0.3 is 4.74 Å². The Labute approximate surface area is 183 Å². The molecule has 3 aliphatic rings. The lowest BCUT2D eigenvalue weighted by molar-refractivity contribution is 0.0866. The number of carbonyl (C=O) groups is 1. The first-order valence-corrected chi connectivity index (χ1v) is 11.2. The Bertz CT molecular complexity index is 1120. The molecule has 3 heteroatoms. The average molecular weight is 408 g/mol. The molecule has 3 aromatic rings. The van der Waals surface area contributed by atoms with Crippen LogP contribution < -0.4 is 0 Å². The van der Waals surface area contributed by atoms with Gasteiger partial charge in [-0.15, -0.1) is 0 Å². The second kappa shape index (κ2) is 7.42. The fraction of sp³-hybridized carbons (Fsp3) is 0.250. The summed E-state index contributed by atoms with van der Waals surface area (Å²) in [7, 11) is 0. The third kappa shape index (κ3) is 3.07. The number of nitrogens with zero attached hydrogens (tertiary/aromatic N) is 1. The topological polar surface area (TPSA) is 29.5 Å². The summed E-state index contributed by atoms with van der Waals surface area (Å²) in [4.78, 5) is 15.1. The van der Waals surface area contributed by atoms with Crippen molar-refractivity contribution in [3.05, 3.63) is 102 Å². The van der Waals surface area contributed by atoms with Crippen molar-refractivity contribution in [1.29, 1.82) is 0 Å². The highest BCUT2D eigenvalue weighted by atomic mass is 16.6. The van der Waals surface area contributed by atoms with Gasteiger partial charge in [-0.3, -0.25) is 4.90 Å². The summed E-state index contributed by atoms with van der Waals surface area (Å²) in [6, 6.07) is 27.8. The first-order valence-electron chi connectivity index (χ1n) is 11.2. The number of hydrogen-bond acceptors (Lipinski definition) is 2. The number of rotatable bonds is 3. The molecule has 1 aliphatic carbocycles. The van der Waals surface area contributed by atoms with Crippen molar-refractivity contribution in [3.63, 3.8) is 0 Å². The molecule has 2 atom stereocenters. The van der Waals surface area contributed by atoms with E-state index in [1.165, 1.54) is 33.4 Å². The highest BCUT2D eigenvalue weighted by Gasteiger charge is 2.41. The van der Waals surface area contributed by atoms with E-state index < -0.39 is 0 Å². The molecule has 0 radical (unpaired) electrons. The van der Waals surface area contributed by atoms with Crippen LogP contribution in [0.1, 0.15) is 41.9 Å². The van der Waals surface area contributed by atoms with Gasteiger partial charge in [-0.1, -0.05) is 84.9 Å². The van der Waals surface area contributed by atoms with E-state index in [1.807, 2.05) is 11.0 Å². The van der Waals surface area contributed by atoms with Gasteiger partial charge >= 0.3 is 6.09 Å². The van der Waals surface area contributed by atoms with Gasteiger partial charge in [0.2, 0.25) is 0 Å². The van der Waals surface area contributed by atoms with Gasteiger partial charge in [0.15, 0.2) is 0 Å². The maximum atomic E-state index is 13.2.